The highest BCUT2D eigenvalue weighted by molar-refractivity contribution is 5.94. The first-order chi connectivity index (χ1) is 18.5. The van der Waals surface area contributed by atoms with E-state index >= 15 is 0 Å². The van der Waals surface area contributed by atoms with Gasteiger partial charge in [-0.2, -0.15) is 0 Å². The van der Waals surface area contributed by atoms with Crippen LogP contribution < -0.4 is 9.47 Å². The lowest BCUT2D eigenvalue weighted by Crippen LogP contribution is -2.31. The molecule has 0 aliphatic heterocycles. The molecule has 7 nitrogen and oxygen atoms in total. The summed E-state index contributed by atoms with van der Waals surface area (Å²) in [6.07, 6.45) is 5.24. The lowest BCUT2D eigenvalue weighted by molar-refractivity contribution is -0.104. The maximum Gasteiger partial charge on any atom is 0.342 e. The van der Waals surface area contributed by atoms with Crippen molar-refractivity contribution >= 4 is 5.97 Å². The van der Waals surface area contributed by atoms with Crippen LogP contribution in [0, 0.1) is 5.92 Å². The molecular formula is C31H42O7. The van der Waals surface area contributed by atoms with E-state index in [4.69, 9.17) is 28.4 Å². The van der Waals surface area contributed by atoms with Gasteiger partial charge in [0.05, 0.1) is 33.5 Å². The predicted molar refractivity (Wildman–Crippen MR) is 149 cm³/mol. The molecule has 2 aromatic carbocycles. The lowest BCUT2D eigenvalue weighted by atomic mass is 9.94. The Morgan fingerprint density at radius 2 is 1.76 bits per heavy atom. The molecule has 0 saturated heterocycles. The quantitative estimate of drug-likeness (QED) is 0.0940. The van der Waals surface area contributed by atoms with Crippen molar-refractivity contribution in [1.82, 2.24) is 0 Å². The molecule has 0 heterocycles. The lowest BCUT2D eigenvalue weighted by Gasteiger charge is -2.28. The third-order valence-electron chi connectivity index (χ3n) is 6.25. The van der Waals surface area contributed by atoms with E-state index in [1.54, 1.807) is 33.5 Å². The van der Waals surface area contributed by atoms with E-state index in [9.17, 15) is 4.79 Å². The second-order valence-corrected chi connectivity index (χ2v) is 9.05. The summed E-state index contributed by atoms with van der Waals surface area (Å²) in [5.74, 6) is 0.979. The third-order valence-corrected chi connectivity index (χ3v) is 6.25. The SMILES string of the molecule is C=CCc1cccc(OC)c1C(=O)O[C@H](CCOCc1ccc(OC)cc1)C[C@H](OCOC)[C@H](C)CC=C. The maximum atomic E-state index is 13.5. The van der Waals surface area contributed by atoms with E-state index in [0.29, 0.717) is 43.8 Å². The number of allylic oxidation sites excluding steroid dienone is 2. The molecule has 0 radical (unpaired) electrons. The van der Waals surface area contributed by atoms with Gasteiger partial charge in [0.2, 0.25) is 0 Å². The Balaban J connectivity index is 2.18. The standard InChI is InChI=1S/C31H42O7/c1-7-10-23(3)29(37-22-33-4)20-27(18-19-36-21-24-14-16-26(34-5)17-15-24)38-31(32)30-25(11-8-2)12-9-13-28(30)35-6/h7-9,12-17,23,27,29H,1-2,10-11,18-22H2,3-6H3/t23-,27-,29+/m1/s1. The fourth-order valence-electron chi connectivity index (χ4n) is 4.16. The molecule has 0 unspecified atom stereocenters. The van der Waals surface area contributed by atoms with Crippen LogP contribution in [-0.2, 0) is 32.0 Å². The molecule has 0 spiro atoms. The van der Waals surface area contributed by atoms with Crippen molar-refractivity contribution in [2.45, 2.75) is 51.4 Å². The highest BCUT2D eigenvalue weighted by Crippen LogP contribution is 2.27. The molecule has 0 aliphatic carbocycles. The van der Waals surface area contributed by atoms with Gasteiger partial charge in [0.1, 0.15) is 30.0 Å². The van der Waals surface area contributed by atoms with E-state index in [0.717, 1.165) is 23.3 Å². The van der Waals surface area contributed by atoms with Gasteiger partial charge >= 0.3 is 5.97 Å². The molecular weight excluding hydrogens is 484 g/mol. The topological polar surface area (TPSA) is 72.5 Å². The van der Waals surface area contributed by atoms with E-state index in [1.807, 2.05) is 42.5 Å². The van der Waals surface area contributed by atoms with Crippen LogP contribution in [0.15, 0.2) is 67.8 Å². The van der Waals surface area contributed by atoms with Crippen molar-refractivity contribution in [1.29, 1.82) is 0 Å². The van der Waals surface area contributed by atoms with E-state index in [1.165, 1.54) is 0 Å². The summed E-state index contributed by atoms with van der Waals surface area (Å²) in [4.78, 5) is 13.5. The zero-order valence-electron chi connectivity index (χ0n) is 23.1. The zero-order chi connectivity index (χ0) is 27.8. The smallest absolute Gasteiger partial charge is 0.342 e. The Labute approximate surface area is 227 Å². The van der Waals surface area contributed by atoms with Crippen LogP contribution >= 0.6 is 0 Å². The number of methoxy groups -OCH3 is 3. The van der Waals surface area contributed by atoms with Crippen LogP contribution in [0.25, 0.3) is 0 Å². The zero-order valence-corrected chi connectivity index (χ0v) is 23.1. The first-order valence-electron chi connectivity index (χ1n) is 12.9. The molecule has 0 N–H and O–H groups in total. The van der Waals surface area contributed by atoms with Gasteiger partial charge in [-0.3, -0.25) is 0 Å². The fourth-order valence-corrected chi connectivity index (χ4v) is 4.16. The molecule has 0 aliphatic rings. The molecule has 0 aromatic heterocycles. The van der Waals surface area contributed by atoms with Crippen LogP contribution in [0.5, 0.6) is 11.5 Å². The number of ether oxygens (including phenoxy) is 6. The number of hydrogen-bond donors (Lipinski definition) is 0. The highest BCUT2D eigenvalue weighted by Gasteiger charge is 2.27. The summed E-state index contributed by atoms with van der Waals surface area (Å²) < 4.78 is 33.9. The number of rotatable bonds is 19. The van der Waals surface area contributed by atoms with E-state index in [2.05, 4.69) is 20.1 Å². The van der Waals surface area contributed by atoms with E-state index < -0.39 is 12.1 Å². The first kappa shape index (κ1) is 31.1. The average Bonchev–Trinajstić information content (AvgIpc) is 2.93. The molecule has 0 bridgehead atoms. The summed E-state index contributed by atoms with van der Waals surface area (Å²) in [7, 11) is 4.76. The maximum absolute atomic E-state index is 13.5. The molecule has 3 atom stereocenters. The van der Waals surface area contributed by atoms with Gasteiger partial charge in [0.25, 0.3) is 0 Å². The Hall–Kier alpha value is -3.13. The third kappa shape index (κ3) is 9.97. The molecule has 0 fully saturated rings. The molecule has 208 valence electrons. The molecule has 7 heteroatoms. The minimum absolute atomic E-state index is 0.150. The van der Waals surface area contributed by atoms with Crippen LogP contribution in [-0.4, -0.2) is 52.9 Å². The summed E-state index contributed by atoms with van der Waals surface area (Å²) in [5, 5.41) is 0. The Bertz CT molecular complexity index is 986. The van der Waals surface area contributed by atoms with Crippen LogP contribution in [0.4, 0.5) is 0 Å². The van der Waals surface area contributed by atoms with Gasteiger partial charge in [0, 0.05) is 20.0 Å². The van der Waals surface area contributed by atoms with Gasteiger partial charge < -0.3 is 28.4 Å². The van der Waals surface area contributed by atoms with Gasteiger partial charge in [-0.15, -0.1) is 13.2 Å². The first-order valence-corrected chi connectivity index (χ1v) is 12.9. The normalized spacial score (nSPS) is 13.3. The monoisotopic (exact) mass is 526 g/mol. The Morgan fingerprint density at radius 3 is 2.39 bits per heavy atom. The summed E-state index contributed by atoms with van der Waals surface area (Å²) in [6.45, 7) is 10.7. The number of esters is 1. The minimum atomic E-state index is -0.450. The van der Waals surface area contributed by atoms with Crippen LogP contribution in [0.1, 0.15) is 47.7 Å². The molecule has 2 aromatic rings. The predicted octanol–water partition coefficient (Wildman–Crippen LogP) is 6.16. The van der Waals surface area contributed by atoms with Crippen molar-refractivity contribution in [3.05, 3.63) is 84.5 Å². The van der Waals surface area contributed by atoms with Crippen molar-refractivity contribution in [3.8, 4) is 11.5 Å². The molecule has 38 heavy (non-hydrogen) atoms. The minimum Gasteiger partial charge on any atom is -0.497 e. The van der Waals surface area contributed by atoms with Crippen molar-refractivity contribution in [2.75, 3.05) is 34.7 Å². The number of carbonyl (C=O) groups excluding carboxylic acids is 1. The Kier molecular flexibility index (Phi) is 14.2. The van der Waals surface area contributed by atoms with Gasteiger partial charge in [-0.25, -0.2) is 4.79 Å². The number of carbonyl (C=O) groups is 1. The average molecular weight is 527 g/mol. The molecule has 0 saturated carbocycles. The van der Waals surface area contributed by atoms with Gasteiger partial charge in [-0.1, -0.05) is 43.3 Å². The summed E-state index contributed by atoms with van der Waals surface area (Å²) in [5.41, 5.74) is 2.24. The largest absolute Gasteiger partial charge is 0.497 e. The highest BCUT2D eigenvalue weighted by atomic mass is 16.7. The van der Waals surface area contributed by atoms with Crippen molar-refractivity contribution in [3.63, 3.8) is 0 Å². The van der Waals surface area contributed by atoms with E-state index in [-0.39, 0.29) is 18.8 Å². The van der Waals surface area contributed by atoms with Crippen molar-refractivity contribution in [2.24, 2.45) is 5.92 Å². The van der Waals surface area contributed by atoms with Gasteiger partial charge in [-0.05, 0) is 48.1 Å². The summed E-state index contributed by atoms with van der Waals surface area (Å²) in [6, 6.07) is 13.2. The van der Waals surface area contributed by atoms with Crippen LogP contribution in [0.3, 0.4) is 0 Å². The number of benzene rings is 2. The second kappa shape index (κ2) is 17.4. The molecule has 0 amide bonds. The van der Waals surface area contributed by atoms with Crippen molar-refractivity contribution < 1.29 is 33.2 Å². The van der Waals surface area contributed by atoms with Crippen LogP contribution in [0.2, 0.25) is 0 Å². The molecule has 2 rings (SSSR count). The Morgan fingerprint density at radius 1 is 1.00 bits per heavy atom. The fraction of sp³-hybridized carbons (Fsp3) is 0.452. The number of hydrogen-bond acceptors (Lipinski definition) is 7. The summed E-state index contributed by atoms with van der Waals surface area (Å²) >= 11 is 0. The second-order valence-electron chi connectivity index (χ2n) is 9.05. The van der Waals surface area contributed by atoms with Gasteiger partial charge in [0.15, 0.2) is 0 Å².